The van der Waals surface area contributed by atoms with E-state index in [1.165, 1.54) is 0 Å². The van der Waals surface area contributed by atoms with Gasteiger partial charge in [-0.2, -0.15) is 0 Å². The van der Waals surface area contributed by atoms with Crippen LogP contribution in [0.4, 0.5) is 0 Å². The Bertz CT molecular complexity index is 693. The van der Waals surface area contributed by atoms with E-state index in [0.717, 1.165) is 5.69 Å². The smallest absolute Gasteiger partial charge is 0.258 e. The number of rotatable bonds is 5. The van der Waals surface area contributed by atoms with Crippen LogP contribution in [0.25, 0.3) is 5.65 Å². The SMILES string of the molecule is Cc1cccc2nc(CNC(C)(CO)C(C)C)cc(=O)n12. The number of aromatic nitrogens is 2. The highest BCUT2D eigenvalue weighted by molar-refractivity contribution is 5.40. The molecular weight excluding hydrogens is 266 g/mol. The van der Waals surface area contributed by atoms with Gasteiger partial charge in [-0.05, 0) is 31.9 Å². The maximum Gasteiger partial charge on any atom is 0.258 e. The molecule has 0 fully saturated rings. The van der Waals surface area contributed by atoms with Crippen LogP contribution in [0.3, 0.4) is 0 Å². The van der Waals surface area contributed by atoms with Crippen molar-refractivity contribution in [2.24, 2.45) is 5.92 Å². The molecule has 0 aliphatic heterocycles. The Morgan fingerprint density at radius 2 is 2.14 bits per heavy atom. The monoisotopic (exact) mass is 289 g/mol. The summed E-state index contributed by atoms with van der Waals surface area (Å²) in [7, 11) is 0. The molecule has 2 aromatic rings. The first kappa shape index (κ1) is 15.7. The van der Waals surface area contributed by atoms with Gasteiger partial charge < -0.3 is 10.4 Å². The average Bonchev–Trinajstić information content (AvgIpc) is 2.44. The van der Waals surface area contributed by atoms with Crippen molar-refractivity contribution < 1.29 is 5.11 Å². The van der Waals surface area contributed by atoms with E-state index in [1.807, 2.05) is 32.0 Å². The van der Waals surface area contributed by atoms with Gasteiger partial charge in [0.1, 0.15) is 5.65 Å². The predicted molar refractivity (Wildman–Crippen MR) is 83.4 cm³/mol. The van der Waals surface area contributed by atoms with Gasteiger partial charge in [0, 0.05) is 23.8 Å². The van der Waals surface area contributed by atoms with Crippen LogP contribution in [-0.4, -0.2) is 26.6 Å². The fourth-order valence-corrected chi connectivity index (χ4v) is 2.19. The summed E-state index contributed by atoms with van der Waals surface area (Å²) in [6.07, 6.45) is 0. The fourth-order valence-electron chi connectivity index (χ4n) is 2.19. The Balaban J connectivity index is 2.31. The van der Waals surface area contributed by atoms with Crippen LogP contribution in [-0.2, 0) is 6.54 Å². The number of aryl methyl sites for hydroxylation is 1. The minimum atomic E-state index is -0.389. The first-order chi connectivity index (χ1) is 9.87. The second-order valence-corrected chi connectivity index (χ2v) is 6.03. The molecule has 0 bridgehead atoms. The quantitative estimate of drug-likeness (QED) is 0.875. The first-order valence-electron chi connectivity index (χ1n) is 7.21. The summed E-state index contributed by atoms with van der Waals surface area (Å²) in [6.45, 7) is 8.45. The van der Waals surface area contributed by atoms with Crippen molar-refractivity contribution in [3.05, 3.63) is 46.0 Å². The Hall–Kier alpha value is -1.72. The molecule has 0 aliphatic rings. The van der Waals surface area contributed by atoms with E-state index in [9.17, 15) is 9.90 Å². The zero-order chi connectivity index (χ0) is 15.6. The molecule has 5 nitrogen and oxygen atoms in total. The Labute approximate surface area is 124 Å². The Morgan fingerprint density at radius 3 is 2.76 bits per heavy atom. The van der Waals surface area contributed by atoms with Crippen LogP contribution in [0.15, 0.2) is 29.1 Å². The van der Waals surface area contributed by atoms with Gasteiger partial charge in [-0.1, -0.05) is 19.9 Å². The minimum absolute atomic E-state index is 0.0380. The molecule has 2 rings (SSSR count). The molecule has 2 aromatic heterocycles. The highest BCUT2D eigenvalue weighted by Crippen LogP contribution is 2.16. The summed E-state index contributed by atoms with van der Waals surface area (Å²) in [5.74, 6) is 0.270. The lowest BCUT2D eigenvalue weighted by atomic mass is 9.89. The lowest BCUT2D eigenvalue weighted by molar-refractivity contribution is 0.131. The summed E-state index contributed by atoms with van der Waals surface area (Å²) < 4.78 is 1.59. The number of hydrogen-bond acceptors (Lipinski definition) is 4. The third kappa shape index (κ3) is 3.14. The molecule has 5 heteroatoms. The van der Waals surface area contributed by atoms with Gasteiger partial charge in [-0.15, -0.1) is 0 Å². The number of nitrogens with zero attached hydrogens (tertiary/aromatic N) is 2. The highest BCUT2D eigenvalue weighted by Gasteiger charge is 2.26. The predicted octanol–water partition coefficient (Wildman–Crippen LogP) is 1.50. The van der Waals surface area contributed by atoms with E-state index in [1.54, 1.807) is 10.5 Å². The van der Waals surface area contributed by atoms with Crippen LogP contribution < -0.4 is 10.9 Å². The number of aliphatic hydroxyl groups excluding tert-OH is 1. The minimum Gasteiger partial charge on any atom is -0.394 e. The molecule has 1 unspecified atom stereocenters. The summed E-state index contributed by atoms with van der Waals surface area (Å²) in [4.78, 5) is 16.7. The molecule has 0 saturated heterocycles. The third-order valence-electron chi connectivity index (χ3n) is 4.21. The number of hydrogen-bond donors (Lipinski definition) is 2. The van der Waals surface area contributed by atoms with Crippen molar-refractivity contribution in [2.75, 3.05) is 6.61 Å². The summed E-state index contributed by atoms with van der Waals surface area (Å²) in [6, 6.07) is 7.15. The van der Waals surface area contributed by atoms with Crippen LogP contribution in [0.1, 0.15) is 32.2 Å². The molecule has 0 amide bonds. The molecule has 0 saturated carbocycles. The standard InChI is InChI=1S/C16H23N3O2/c1-11(2)16(4,10-20)17-9-13-8-15(21)19-12(3)6-5-7-14(19)18-13/h5-8,11,17,20H,9-10H2,1-4H3. The van der Waals surface area contributed by atoms with Crippen molar-refractivity contribution in [1.29, 1.82) is 0 Å². The van der Waals surface area contributed by atoms with Crippen LogP contribution in [0.2, 0.25) is 0 Å². The van der Waals surface area contributed by atoms with E-state index in [2.05, 4.69) is 24.1 Å². The zero-order valence-corrected chi connectivity index (χ0v) is 13.1. The Kier molecular flexibility index (Phi) is 4.44. The van der Waals surface area contributed by atoms with E-state index < -0.39 is 0 Å². The molecule has 0 spiro atoms. The molecule has 0 aromatic carbocycles. The highest BCUT2D eigenvalue weighted by atomic mass is 16.3. The van der Waals surface area contributed by atoms with Crippen molar-refractivity contribution in [3.8, 4) is 0 Å². The van der Waals surface area contributed by atoms with E-state index >= 15 is 0 Å². The lowest BCUT2D eigenvalue weighted by Crippen LogP contribution is -2.49. The first-order valence-corrected chi connectivity index (χ1v) is 7.21. The number of fused-ring (bicyclic) bond motifs is 1. The summed E-state index contributed by atoms with van der Waals surface area (Å²) in [5, 5.41) is 12.9. The number of nitrogens with one attached hydrogen (secondary N) is 1. The van der Waals surface area contributed by atoms with Crippen molar-refractivity contribution >= 4 is 5.65 Å². The van der Waals surface area contributed by atoms with Gasteiger partial charge in [0.2, 0.25) is 0 Å². The average molecular weight is 289 g/mol. The fraction of sp³-hybridized carbons (Fsp3) is 0.500. The molecule has 2 heterocycles. The lowest BCUT2D eigenvalue weighted by Gasteiger charge is -2.33. The Morgan fingerprint density at radius 1 is 1.43 bits per heavy atom. The van der Waals surface area contributed by atoms with Crippen molar-refractivity contribution in [3.63, 3.8) is 0 Å². The molecule has 1 atom stereocenters. The molecule has 0 aliphatic carbocycles. The van der Waals surface area contributed by atoms with Gasteiger partial charge in [0.15, 0.2) is 0 Å². The third-order valence-corrected chi connectivity index (χ3v) is 4.21. The van der Waals surface area contributed by atoms with Gasteiger partial charge in [-0.3, -0.25) is 9.20 Å². The van der Waals surface area contributed by atoms with E-state index in [4.69, 9.17) is 0 Å². The van der Waals surface area contributed by atoms with Gasteiger partial charge in [0.25, 0.3) is 5.56 Å². The van der Waals surface area contributed by atoms with Crippen LogP contribution in [0, 0.1) is 12.8 Å². The largest absolute Gasteiger partial charge is 0.394 e. The number of pyridine rings is 1. The van der Waals surface area contributed by atoms with Crippen molar-refractivity contribution in [1.82, 2.24) is 14.7 Å². The van der Waals surface area contributed by atoms with E-state index in [0.29, 0.717) is 17.9 Å². The topological polar surface area (TPSA) is 66.6 Å². The summed E-state index contributed by atoms with van der Waals surface area (Å²) in [5.41, 5.74) is 1.73. The second kappa shape index (κ2) is 5.95. The maximum absolute atomic E-state index is 12.2. The molecular formula is C16H23N3O2. The zero-order valence-electron chi connectivity index (χ0n) is 13.1. The van der Waals surface area contributed by atoms with Crippen molar-refractivity contribution in [2.45, 2.75) is 39.8 Å². The molecule has 2 N–H and O–H groups in total. The van der Waals surface area contributed by atoms with E-state index in [-0.39, 0.29) is 23.6 Å². The molecule has 0 radical (unpaired) electrons. The van der Waals surface area contributed by atoms with Gasteiger partial charge in [-0.25, -0.2) is 4.98 Å². The van der Waals surface area contributed by atoms with Gasteiger partial charge in [0.05, 0.1) is 12.3 Å². The van der Waals surface area contributed by atoms with Gasteiger partial charge >= 0.3 is 0 Å². The molecule has 114 valence electrons. The van der Waals surface area contributed by atoms with Crippen LogP contribution >= 0.6 is 0 Å². The number of aliphatic hydroxyl groups is 1. The maximum atomic E-state index is 12.2. The molecule has 21 heavy (non-hydrogen) atoms. The normalized spacial score (nSPS) is 14.6. The second-order valence-electron chi connectivity index (χ2n) is 6.03. The summed E-state index contributed by atoms with van der Waals surface area (Å²) >= 11 is 0. The van der Waals surface area contributed by atoms with Crippen LogP contribution in [0.5, 0.6) is 0 Å².